The Morgan fingerprint density at radius 1 is 1.45 bits per heavy atom. The number of rotatable bonds is 7. The second kappa shape index (κ2) is 7.26. The minimum atomic E-state index is -0.0742. The van der Waals surface area contributed by atoms with Crippen LogP contribution in [0, 0.1) is 0 Å². The number of aliphatic hydroxyl groups excluding tert-OH is 1. The van der Waals surface area contributed by atoms with Gasteiger partial charge >= 0.3 is 0 Å². The van der Waals surface area contributed by atoms with Gasteiger partial charge in [0.05, 0.1) is 25.9 Å². The molecule has 0 aliphatic heterocycles. The van der Waals surface area contributed by atoms with Crippen molar-refractivity contribution in [3.8, 4) is 5.75 Å². The van der Waals surface area contributed by atoms with E-state index in [-0.39, 0.29) is 12.5 Å². The average Bonchev–Trinajstić information content (AvgIpc) is 2.37. The van der Waals surface area contributed by atoms with Crippen molar-refractivity contribution in [2.75, 3.05) is 32.1 Å². The van der Waals surface area contributed by atoms with Crippen molar-refractivity contribution in [3.63, 3.8) is 0 Å². The first-order valence-electron chi connectivity index (χ1n) is 7.02. The predicted molar refractivity (Wildman–Crippen MR) is 77.9 cm³/mol. The van der Waals surface area contributed by atoms with Gasteiger partial charge in [-0.15, -0.1) is 0 Å². The lowest BCUT2D eigenvalue weighted by Crippen LogP contribution is -2.45. The molecule has 0 saturated heterocycles. The molecule has 1 aromatic carbocycles. The summed E-state index contributed by atoms with van der Waals surface area (Å²) in [6, 6.07) is 7.78. The van der Waals surface area contributed by atoms with Gasteiger partial charge in [0.1, 0.15) is 5.75 Å². The lowest BCUT2D eigenvalue weighted by atomic mass is 9.91. The zero-order valence-corrected chi connectivity index (χ0v) is 11.8. The van der Waals surface area contributed by atoms with E-state index < -0.39 is 0 Å². The highest BCUT2D eigenvalue weighted by atomic mass is 16.5. The third kappa shape index (κ3) is 3.71. The van der Waals surface area contributed by atoms with E-state index in [0.717, 1.165) is 12.8 Å². The van der Waals surface area contributed by atoms with Gasteiger partial charge < -0.3 is 15.2 Å². The van der Waals surface area contributed by atoms with E-state index in [1.807, 2.05) is 29.2 Å². The normalized spacial score (nSPS) is 14.9. The Balaban J connectivity index is 1.93. The maximum Gasteiger partial charge on any atom is 0.238 e. The molecule has 5 nitrogen and oxygen atoms in total. The van der Waals surface area contributed by atoms with Crippen LogP contribution in [0.1, 0.15) is 19.3 Å². The fraction of sp³-hybridized carbons (Fsp3) is 0.533. The van der Waals surface area contributed by atoms with Gasteiger partial charge in [0, 0.05) is 12.6 Å². The smallest absolute Gasteiger partial charge is 0.238 e. The fourth-order valence-electron chi connectivity index (χ4n) is 2.39. The monoisotopic (exact) mass is 278 g/mol. The Morgan fingerprint density at radius 3 is 2.80 bits per heavy atom. The van der Waals surface area contributed by atoms with Crippen molar-refractivity contribution in [1.29, 1.82) is 0 Å². The zero-order valence-electron chi connectivity index (χ0n) is 11.8. The standard InChI is InChI=1S/C15H22N2O3/c1-20-14-8-3-2-7-13(14)16-15(19)11-17(9-10-18)12-5-4-6-12/h2-3,7-8,12,18H,4-6,9-11H2,1H3,(H,16,19). The van der Waals surface area contributed by atoms with E-state index in [1.165, 1.54) is 6.42 Å². The molecular weight excluding hydrogens is 256 g/mol. The maximum atomic E-state index is 12.1. The molecule has 1 aliphatic carbocycles. The summed E-state index contributed by atoms with van der Waals surface area (Å²) < 4.78 is 5.21. The molecule has 1 saturated carbocycles. The number of anilines is 1. The SMILES string of the molecule is COc1ccccc1NC(=O)CN(CCO)C1CCC1. The fourth-order valence-corrected chi connectivity index (χ4v) is 2.39. The van der Waals surface area contributed by atoms with Crippen molar-refractivity contribution < 1.29 is 14.6 Å². The molecule has 2 N–H and O–H groups in total. The van der Waals surface area contributed by atoms with Gasteiger partial charge in [-0.3, -0.25) is 9.69 Å². The van der Waals surface area contributed by atoms with Crippen LogP contribution in [-0.2, 0) is 4.79 Å². The van der Waals surface area contributed by atoms with Crippen LogP contribution in [0.3, 0.4) is 0 Å². The third-order valence-corrected chi connectivity index (χ3v) is 3.71. The van der Waals surface area contributed by atoms with E-state index >= 15 is 0 Å². The summed E-state index contributed by atoms with van der Waals surface area (Å²) in [4.78, 5) is 14.2. The number of nitrogens with zero attached hydrogens (tertiary/aromatic N) is 1. The van der Waals surface area contributed by atoms with Crippen LogP contribution in [0.2, 0.25) is 0 Å². The van der Waals surface area contributed by atoms with Gasteiger partial charge in [0.25, 0.3) is 0 Å². The van der Waals surface area contributed by atoms with Crippen LogP contribution in [0.5, 0.6) is 5.75 Å². The van der Waals surface area contributed by atoms with Gasteiger partial charge in [0.2, 0.25) is 5.91 Å². The molecule has 0 atom stereocenters. The predicted octanol–water partition coefficient (Wildman–Crippen LogP) is 1.48. The molecule has 0 aromatic heterocycles. The molecule has 0 spiro atoms. The number of ether oxygens (including phenoxy) is 1. The van der Waals surface area contributed by atoms with Crippen molar-refractivity contribution in [1.82, 2.24) is 4.90 Å². The maximum absolute atomic E-state index is 12.1. The van der Waals surface area contributed by atoms with Gasteiger partial charge in [-0.2, -0.15) is 0 Å². The summed E-state index contributed by atoms with van der Waals surface area (Å²) in [5, 5.41) is 12.0. The molecule has 110 valence electrons. The number of nitrogens with one attached hydrogen (secondary N) is 1. The highest BCUT2D eigenvalue weighted by Crippen LogP contribution is 2.25. The van der Waals surface area contributed by atoms with E-state index in [1.54, 1.807) is 7.11 Å². The summed E-state index contributed by atoms with van der Waals surface area (Å²) in [6.45, 7) is 0.936. The minimum absolute atomic E-state index is 0.0742. The Labute approximate surface area is 119 Å². The number of para-hydroxylation sites is 2. The van der Waals surface area contributed by atoms with Crippen LogP contribution in [0.4, 0.5) is 5.69 Å². The van der Waals surface area contributed by atoms with Crippen molar-refractivity contribution in [2.24, 2.45) is 0 Å². The van der Waals surface area contributed by atoms with Gasteiger partial charge in [-0.25, -0.2) is 0 Å². The first kappa shape index (κ1) is 14.8. The molecule has 0 radical (unpaired) electrons. The number of methoxy groups -OCH3 is 1. The summed E-state index contributed by atoms with van der Waals surface area (Å²) in [7, 11) is 1.58. The number of benzene rings is 1. The average molecular weight is 278 g/mol. The highest BCUT2D eigenvalue weighted by Gasteiger charge is 2.26. The Kier molecular flexibility index (Phi) is 5.38. The quantitative estimate of drug-likeness (QED) is 0.793. The van der Waals surface area contributed by atoms with Gasteiger partial charge in [-0.05, 0) is 25.0 Å². The van der Waals surface area contributed by atoms with Crippen LogP contribution >= 0.6 is 0 Å². The molecule has 1 amide bonds. The molecule has 5 heteroatoms. The summed E-state index contributed by atoms with van der Waals surface area (Å²) in [5.74, 6) is 0.577. The molecule has 0 bridgehead atoms. The summed E-state index contributed by atoms with van der Waals surface area (Å²) >= 11 is 0. The Hall–Kier alpha value is -1.59. The molecular formula is C15H22N2O3. The number of hydrogen-bond acceptors (Lipinski definition) is 4. The number of hydrogen-bond donors (Lipinski definition) is 2. The minimum Gasteiger partial charge on any atom is -0.495 e. The zero-order chi connectivity index (χ0) is 14.4. The van der Waals surface area contributed by atoms with E-state index in [4.69, 9.17) is 9.84 Å². The molecule has 20 heavy (non-hydrogen) atoms. The molecule has 1 fully saturated rings. The molecule has 2 rings (SSSR count). The van der Waals surface area contributed by atoms with Crippen LogP contribution in [0.25, 0.3) is 0 Å². The van der Waals surface area contributed by atoms with E-state index in [2.05, 4.69) is 5.32 Å². The van der Waals surface area contributed by atoms with Gasteiger partial charge in [-0.1, -0.05) is 18.6 Å². The van der Waals surface area contributed by atoms with Crippen molar-refractivity contribution in [3.05, 3.63) is 24.3 Å². The molecule has 0 heterocycles. The van der Waals surface area contributed by atoms with Crippen molar-refractivity contribution >= 4 is 11.6 Å². The Morgan fingerprint density at radius 2 is 2.20 bits per heavy atom. The Bertz CT molecular complexity index is 446. The van der Waals surface area contributed by atoms with Gasteiger partial charge in [0.15, 0.2) is 0 Å². The second-order valence-electron chi connectivity index (χ2n) is 5.03. The van der Waals surface area contributed by atoms with Crippen molar-refractivity contribution in [2.45, 2.75) is 25.3 Å². The summed E-state index contributed by atoms with van der Waals surface area (Å²) in [6.07, 6.45) is 3.44. The number of carbonyl (C=O) groups excluding carboxylic acids is 1. The topological polar surface area (TPSA) is 61.8 Å². The van der Waals surface area contributed by atoms with Crippen LogP contribution < -0.4 is 10.1 Å². The van der Waals surface area contributed by atoms with Crippen LogP contribution in [0.15, 0.2) is 24.3 Å². The highest BCUT2D eigenvalue weighted by molar-refractivity contribution is 5.93. The van der Waals surface area contributed by atoms with Crippen LogP contribution in [-0.4, -0.2) is 48.8 Å². The van der Waals surface area contributed by atoms with E-state index in [9.17, 15) is 4.79 Å². The third-order valence-electron chi connectivity index (χ3n) is 3.71. The molecule has 1 aromatic rings. The lowest BCUT2D eigenvalue weighted by molar-refractivity contribution is -0.118. The second-order valence-corrected chi connectivity index (χ2v) is 5.03. The number of carbonyl (C=O) groups is 1. The summed E-state index contributed by atoms with van der Waals surface area (Å²) in [5.41, 5.74) is 0.678. The first-order valence-corrected chi connectivity index (χ1v) is 7.02. The number of aliphatic hydroxyl groups is 1. The molecule has 0 unspecified atom stereocenters. The number of amides is 1. The molecule has 1 aliphatic rings. The van der Waals surface area contributed by atoms with E-state index in [0.29, 0.717) is 30.6 Å². The largest absolute Gasteiger partial charge is 0.495 e. The lowest BCUT2D eigenvalue weighted by Gasteiger charge is -2.36. The first-order chi connectivity index (χ1) is 9.74.